The van der Waals surface area contributed by atoms with Gasteiger partial charge in [-0.05, 0) is 61.8 Å². The molecule has 5 N–H and O–H groups in total. The second-order valence-corrected chi connectivity index (χ2v) is 6.97. The van der Waals surface area contributed by atoms with E-state index in [0.717, 1.165) is 31.4 Å². The molecule has 2 amide bonds. The summed E-state index contributed by atoms with van der Waals surface area (Å²) in [7, 11) is 0. The molecule has 2 aliphatic rings. The molecule has 7 heteroatoms. The minimum Gasteiger partial charge on any atom is -0.484 e. The average Bonchev–Trinajstić information content (AvgIpc) is 2.53. The maximum atomic E-state index is 12.6. The summed E-state index contributed by atoms with van der Waals surface area (Å²) in [5, 5.41) is 2.98. The Balaban J connectivity index is 0.00000225. The number of halogens is 1. The van der Waals surface area contributed by atoms with Gasteiger partial charge < -0.3 is 21.5 Å². The largest absolute Gasteiger partial charge is 0.484 e. The van der Waals surface area contributed by atoms with Gasteiger partial charge in [-0.15, -0.1) is 12.4 Å². The van der Waals surface area contributed by atoms with E-state index in [1.165, 1.54) is 6.42 Å². The first kappa shape index (κ1) is 19.5. The lowest BCUT2D eigenvalue weighted by atomic mass is 9.65. The summed E-state index contributed by atoms with van der Waals surface area (Å²) in [4.78, 5) is 23.3. The van der Waals surface area contributed by atoms with Crippen LogP contribution in [-0.4, -0.2) is 24.5 Å². The van der Waals surface area contributed by atoms with E-state index in [4.69, 9.17) is 16.2 Å². The van der Waals surface area contributed by atoms with Crippen LogP contribution in [0.15, 0.2) is 24.3 Å². The van der Waals surface area contributed by atoms with Crippen molar-refractivity contribution in [1.29, 1.82) is 0 Å². The number of hydrogen-bond acceptors (Lipinski definition) is 4. The van der Waals surface area contributed by atoms with Crippen LogP contribution in [0.3, 0.4) is 0 Å². The minimum absolute atomic E-state index is 0. The number of primary amides is 1. The van der Waals surface area contributed by atoms with Crippen LogP contribution < -0.4 is 21.5 Å². The monoisotopic (exact) mass is 367 g/mol. The Bertz CT molecular complexity index is 594. The van der Waals surface area contributed by atoms with Crippen molar-refractivity contribution in [2.75, 3.05) is 11.9 Å². The van der Waals surface area contributed by atoms with Crippen molar-refractivity contribution in [3.63, 3.8) is 0 Å². The molecule has 2 bridgehead atoms. The first-order valence-electron chi connectivity index (χ1n) is 8.60. The first-order valence-corrected chi connectivity index (χ1v) is 8.60. The second-order valence-electron chi connectivity index (χ2n) is 6.97. The lowest BCUT2D eigenvalue weighted by Gasteiger charge is -2.43. The molecule has 0 saturated heterocycles. The third-order valence-corrected chi connectivity index (χ3v) is 5.29. The second kappa shape index (κ2) is 8.54. The molecule has 2 saturated carbocycles. The third-order valence-electron chi connectivity index (χ3n) is 5.29. The highest BCUT2D eigenvalue weighted by Crippen LogP contribution is 2.42. The Labute approximate surface area is 154 Å². The molecular weight excluding hydrogens is 342 g/mol. The average molecular weight is 368 g/mol. The number of carbonyl (C=O) groups excluding carboxylic acids is 2. The highest BCUT2D eigenvalue weighted by molar-refractivity contribution is 5.92. The van der Waals surface area contributed by atoms with Gasteiger partial charge >= 0.3 is 0 Å². The molecule has 0 aromatic heterocycles. The van der Waals surface area contributed by atoms with Crippen LogP contribution >= 0.6 is 12.4 Å². The van der Waals surface area contributed by atoms with Gasteiger partial charge in [-0.25, -0.2) is 0 Å². The van der Waals surface area contributed by atoms with Crippen molar-refractivity contribution in [3.8, 4) is 5.75 Å². The van der Waals surface area contributed by atoms with Crippen molar-refractivity contribution in [2.45, 2.75) is 38.1 Å². The Morgan fingerprint density at radius 3 is 2.28 bits per heavy atom. The Kier molecular flexibility index (Phi) is 6.67. The van der Waals surface area contributed by atoms with Gasteiger partial charge in [0.1, 0.15) is 5.75 Å². The van der Waals surface area contributed by atoms with Crippen LogP contribution in [0.1, 0.15) is 32.1 Å². The van der Waals surface area contributed by atoms with E-state index in [-0.39, 0.29) is 36.9 Å². The number of benzene rings is 1. The highest BCUT2D eigenvalue weighted by atomic mass is 35.5. The summed E-state index contributed by atoms with van der Waals surface area (Å²) < 4.78 is 5.20. The third kappa shape index (κ3) is 4.86. The van der Waals surface area contributed by atoms with Gasteiger partial charge in [-0.2, -0.15) is 0 Å². The predicted molar refractivity (Wildman–Crippen MR) is 98.5 cm³/mol. The van der Waals surface area contributed by atoms with Crippen molar-refractivity contribution >= 4 is 29.9 Å². The molecule has 0 radical (unpaired) electrons. The van der Waals surface area contributed by atoms with E-state index < -0.39 is 5.91 Å². The molecular formula is C18H26ClN3O3. The molecule has 0 heterocycles. The molecule has 2 aliphatic carbocycles. The van der Waals surface area contributed by atoms with E-state index in [1.54, 1.807) is 24.3 Å². The number of rotatable bonds is 5. The smallest absolute Gasteiger partial charge is 0.255 e. The molecule has 6 nitrogen and oxygen atoms in total. The molecule has 2 atom stereocenters. The topological polar surface area (TPSA) is 107 Å². The van der Waals surface area contributed by atoms with Gasteiger partial charge in [0, 0.05) is 17.6 Å². The number of nitrogens with two attached hydrogens (primary N) is 2. The van der Waals surface area contributed by atoms with E-state index in [9.17, 15) is 9.59 Å². The Morgan fingerprint density at radius 2 is 1.72 bits per heavy atom. The lowest BCUT2D eigenvalue weighted by molar-refractivity contribution is -0.122. The molecule has 1 aromatic rings. The van der Waals surface area contributed by atoms with Crippen molar-refractivity contribution in [1.82, 2.24) is 0 Å². The van der Waals surface area contributed by atoms with Gasteiger partial charge in [0.25, 0.3) is 5.91 Å². The Morgan fingerprint density at radius 1 is 1.12 bits per heavy atom. The summed E-state index contributed by atoms with van der Waals surface area (Å²) >= 11 is 0. The fourth-order valence-corrected chi connectivity index (χ4v) is 4.04. The number of anilines is 1. The maximum absolute atomic E-state index is 12.6. The van der Waals surface area contributed by atoms with Crippen molar-refractivity contribution in [3.05, 3.63) is 24.3 Å². The molecule has 2 fully saturated rings. The van der Waals surface area contributed by atoms with Crippen LogP contribution in [0.4, 0.5) is 5.69 Å². The molecule has 1 aromatic carbocycles. The minimum atomic E-state index is -0.520. The van der Waals surface area contributed by atoms with Gasteiger partial charge in [-0.3, -0.25) is 9.59 Å². The SMILES string of the molecule is Cl.NC(=O)COc1ccc(NC(=O)C2CC3CCCC(C2)C3N)cc1. The van der Waals surface area contributed by atoms with E-state index in [1.807, 2.05) is 0 Å². The number of amides is 2. The molecule has 0 aliphatic heterocycles. The fraction of sp³-hybridized carbons (Fsp3) is 0.556. The Hall–Kier alpha value is -1.79. The first-order chi connectivity index (χ1) is 11.5. The van der Waals surface area contributed by atoms with Gasteiger partial charge in [0.2, 0.25) is 5.91 Å². The van der Waals surface area contributed by atoms with Gasteiger partial charge in [-0.1, -0.05) is 6.42 Å². The molecule has 2 unspecified atom stereocenters. The maximum Gasteiger partial charge on any atom is 0.255 e. The van der Waals surface area contributed by atoms with E-state index >= 15 is 0 Å². The fourth-order valence-electron chi connectivity index (χ4n) is 4.04. The summed E-state index contributed by atoms with van der Waals surface area (Å²) in [6.45, 7) is -0.156. The molecule has 25 heavy (non-hydrogen) atoms. The van der Waals surface area contributed by atoms with Crippen LogP contribution in [0.2, 0.25) is 0 Å². The normalized spacial score (nSPS) is 27.7. The summed E-state index contributed by atoms with van der Waals surface area (Å²) in [6.07, 6.45) is 5.32. The zero-order chi connectivity index (χ0) is 17.1. The predicted octanol–water partition coefficient (Wildman–Crippen LogP) is 2.06. The summed E-state index contributed by atoms with van der Waals surface area (Å²) in [5.74, 6) is 1.12. The molecule has 0 spiro atoms. The van der Waals surface area contributed by atoms with Crippen LogP contribution in [0.25, 0.3) is 0 Å². The summed E-state index contributed by atoms with van der Waals surface area (Å²) in [6, 6.07) is 7.23. The van der Waals surface area contributed by atoms with E-state index in [0.29, 0.717) is 17.6 Å². The lowest BCUT2D eigenvalue weighted by Crippen LogP contribution is -2.48. The quantitative estimate of drug-likeness (QED) is 0.740. The van der Waals surface area contributed by atoms with Gasteiger partial charge in [0.05, 0.1) is 0 Å². The van der Waals surface area contributed by atoms with E-state index in [2.05, 4.69) is 5.32 Å². The van der Waals surface area contributed by atoms with Crippen LogP contribution in [-0.2, 0) is 9.59 Å². The highest BCUT2D eigenvalue weighted by Gasteiger charge is 2.40. The van der Waals surface area contributed by atoms with Crippen molar-refractivity contribution < 1.29 is 14.3 Å². The molecule has 138 valence electrons. The molecule has 3 rings (SSSR count). The van der Waals surface area contributed by atoms with Crippen LogP contribution in [0, 0.1) is 17.8 Å². The zero-order valence-corrected chi connectivity index (χ0v) is 15.0. The number of ether oxygens (including phenoxy) is 1. The van der Waals surface area contributed by atoms with Gasteiger partial charge in [0.15, 0.2) is 6.61 Å². The number of fused-ring (bicyclic) bond motifs is 2. The number of carbonyl (C=O) groups is 2. The van der Waals surface area contributed by atoms with Crippen LogP contribution in [0.5, 0.6) is 5.75 Å². The van der Waals surface area contributed by atoms with Crippen molar-refractivity contribution in [2.24, 2.45) is 29.2 Å². The number of nitrogens with one attached hydrogen (secondary N) is 1. The summed E-state index contributed by atoms with van der Waals surface area (Å²) in [5.41, 5.74) is 12.1. The standard InChI is InChI=1S/C18H25N3O3.ClH/c19-16(22)10-24-15-6-4-14(5-7-15)21-18(23)13-8-11-2-1-3-12(9-13)17(11)20;/h4-7,11-13,17H,1-3,8-10,20H2,(H2,19,22)(H,21,23);1H. The number of hydrogen-bond donors (Lipinski definition) is 3. The zero-order valence-electron chi connectivity index (χ0n) is 14.1.